The summed E-state index contributed by atoms with van der Waals surface area (Å²) in [6.07, 6.45) is 9.32. The van der Waals surface area contributed by atoms with Crippen LogP contribution in [0.1, 0.15) is 57.9 Å². The number of nitrogens with one attached hydrogen (secondary N) is 2. The van der Waals surface area contributed by atoms with Gasteiger partial charge in [-0.1, -0.05) is 12.1 Å². The van der Waals surface area contributed by atoms with Gasteiger partial charge < -0.3 is 10.2 Å². The second-order valence-electron chi connectivity index (χ2n) is 8.79. The Morgan fingerprint density at radius 2 is 1.63 bits per heavy atom. The van der Waals surface area contributed by atoms with E-state index in [1.807, 2.05) is 12.1 Å². The van der Waals surface area contributed by atoms with E-state index in [9.17, 15) is 4.79 Å². The maximum atomic E-state index is 12.4. The lowest BCUT2D eigenvalue weighted by Gasteiger charge is -2.56. The summed E-state index contributed by atoms with van der Waals surface area (Å²) < 4.78 is 0. The number of carbonyl (C=O) groups is 1. The highest BCUT2D eigenvalue weighted by atomic mass is 16.2. The molecule has 0 aromatic heterocycles. The SMILES string of the molecule is CCN(CC)c1ccc(/C=N\NC(=O)NC23CC4CC(CC(C4)C2)C3)cc1. The highest BCUT2D eigenvalue weighted by Gasteiger charge is 2.51. The van der Waals surface area contributed by atoms with Crippen molar-refractivity contribution in [1.29, 1.82) is 0 Å². The number of anilines is 1. The average Bonchev–Trinajstić information content (AvgIpc) is 2.62. The predicted octanol–water partition coefficient (Wildman–Crippen LogP) is 4.13. The number of hydrogen-bond donors (Lipinski definition) is 2. The lowest BCUT2D eigenvalue weighted by Crippen LogP contribution is -2.61. The van der Waals surface area contributed by atoms with E-state index in [4.69, 9.17) is 0 Å². The molecule has 0 aliphatic heterocycles. The number of nitrogens with zero attached hydrogens (tertiary/aromatic N) is 2. The van der Waals surface area contributed by atoms with E-state index in [1.165, 1.54) is 24.9 Å². The van der Waals surface area contributed by atoms with Crippen LogP contribution in [0.25, 0.3) is 0 Å². The molecule has 0 spiro atoms. The zero-order valence-corrected chi connectivity index (χ0v) is 16.6. The third kappa shape index (κ3) is 3.97. The summed E-state index contributed by atoms with van der Waals surface area (Å²) in [5, 5.41) is 7.43. The second kappa shape index (κ2) is 7.53. The molecule has 146 valence electrons. The second-order valence-corrected chi connectivity index (χ2v) is 8.79. The molecule has 2 amide bonds. The van der Waals surface area contributed by atoms with Crippen LogP contribution < -0.4 is 15.6 Å². The highest BCUT2D eigenvalue weighted by Crippen LogP contribution is 2.55. The van der Waals surface area contributed by atoms with Crippen molar-refractivity contribution in [3.63, 3.8) is 0 Å². The van der Waals surface area contributed by atoms with E-state index in [-0.39, 0.29) is 11.6 Å². The van der Waals surface area contributed by atoms with E-state index in [0.717, 1.165) is 55.7 Å². The largest absolute Gasteiger partial charge is 0.372 e. The molecule has 1 aromatic carbocycles. The van der Waals surface area contributed by atoms with Crippen LogP contribution in [0, 0.1) is 17.8 Å². The fourth-order valence-corrected chi connectivity index (χ4v) is 6.06. The topological polar surface area (TPSA) is 56.7 Å². The average molecular weight is 369 g/mol. The van der Waals surface area contributed by atoms with Crippen LogP contribution in [-0.4, -0.2) is 30.9 Å². The summed E-state index contributed by atoms with van der Waals surface area (Å²) in [5.41, 5.74) is 4.90. The number of amides is 2. The lowest BCUT2D eigenvalue weighted by atomic mass is 9.53. The Kier molecular flexibility index (Phi) is 5.11. The Balaban J connectivity index is 1.30. The highest BCUT2D eigenvalue weighted by molar-refractivity contribution is 5.82. The molecule has 5 rings (SSSR count). The van der Waals surface area contributed by atoms with Gasteiger partial charge in [0.15, 0.2) is 0 Å². The molecule has 5 heteroatoms. The van der Waals surface area contributed by atoms with Crippen LogP contribution in [-0.2, 0) is 0 Å². The molecule has 5 nitrogen and oxygen atoms in total. The monoisotopic (exact) mass is 368 g/mol. The fraction of sp³-hybridized carbons (Fsp3) is 0.636. The van der Waals surface area contributed by atoms with Gasteiger partial charge in [-0.2, -0.15) is 5.10 Å². The first-order valence-corrected chi connectivity index (χ1v) is 10.6. The summed E-state index contributed by atoms with van der Waals surface area (Å²) in [6, 6.07) is 8.12. The molecule has 4 saturated carbocycles. The fourth-order valence-electron chi connectivity index (χ4n) is 6.06. The summed E-state index contributed by atoms with van der Waals surface area (Å²) in [4.78, 5) is 14.7. The van der Waals surface area contributed by atoms with Crippen molar-refractivity contribution in [2.75, 3.05) is 18.0 Å². The molecule has 1 aromatic rings. The number of hydrogen-bond acceptors (Lipinski definition) is 3. The number of benzene rings is 1. The Bertz CT molecular complexity index is 657. The van der Waals surface area contributed by atoms with E-state index in [0.29, 0.717) is 0 Å². The van der Waals surface area contributed by atoms with Crippen molar-refractivity contribution >= 4 is 17.9 Å². The Labute approximate surface area is 162 Å². The van der Waals surface area contributed by atoms with Gasteiger partial charge in [-0.05, 0) is 87.8 Å². The third-order valence-electron chi connectivity index (χ3n) is 6.82. The van der Waals surface area contributed by atoms with Crippen molar-refractivity contribution in [2.24, 2.45) is 22.9 Å². The minimum absolute atomic E-state index is 0.0275. The van der Waals surface area contributed by atoms with Crippen molar-refractivity contribution < 1.29 is 4.79 Å². The molecule has 4 bridgehead atoms. The minimum atomic E-state index is -0.159. The van der Waals surface area contributed by atoms with Crippen LogP contribution in [0.3, 0.4) is 0 Å². The Morgan fingerprint density at radius 1 is 1.07 bits per heavy atom. The van der Waals surface area contributed by atoms with Gasteiger partial charge in [0.05, 0.1) is 6.21 Å². The summed E-state index contributed by atoms with van der Waals surface area (Å²) in [7, 11) is 0. The normalized spacial score (nSPS) is 31.3. The van der Waals surface area contributed by atoms with E-state index in [2.05, 4.69) is 46.7 Å². The van der Waals surface area contributed by atoms with Crippen LogP contribution in [0.5, 0.6) is 0 Å². The molecular weight excluding hydrogens is 336 g/mol. The number of urea groups is 1. The van der Waals surface area contributed by atoms with Gasteiger partial charge in [0.25, 0.3) is 0 Å². The minimum Gasteiger partial charge on any atom is -0.372 e. The molecule has 4 aliphatic carbocycles. The molecular formula is C22H32N4O. The zero-order valence-electron chi connectivity index (χ0n) is 16.6. The molecule has 4 fully saturated rings. The summed E-state index contributed by atoms with van der Waals surface area (Å²) in [6.45, 7) is 6.31. The molecule has 0 atom stereocenters. The first-order valence-electron chi connectivity index (χ1n) is 10.6. The number of rotatable bonds is 6. The smallest absolute Gasteiger partial charge is 0.335 e. The maximum Gasteiger partial charge on any atom is 0.335 e. The third-order valence-corrected chi connectivity index (χ3v) is 6.82. The molecule has 2 N–H and O–H groups in total. The van der Waals surface area contributed by atoms with Crippen molar-refractivity contribution in [3.05, 3.63) is 29.8 Å². The van der Waals surface area contributed by atoms with Gasteiger partial charge >= 0.3 is 6.03 Å². The molecule has 27 heavy (non-hydrogen) atoms. The van der Waals surface area contributed by atoms with Gasteiger partial charge in [0.2, 0.25) is 0 Å². The van der Waals surface area contributed by atoms with E-state index < -0.39 is 0 Å². The van der Waals surface area contributed by atoms with Crippen LogP contribution in [0.4, 0.5) is 10.5 Å². The van der Waals surface area contributed by atoms with Gasteiger partial charge in [-0.25, -0.2) is 10.2 Å². The number of carbonyl (C=O) groups excluding carboxylic acids is 1. The summed E-state index contributed by atoms with van der Waals surface area (Å²) in [5.74, 6) is 2.47. The zero-order chi connectivity index (χ0) is 18.9. The molecule has 0 heterocycles. The van der Waals surface area contributed by atoms with Gasteiger partial charge in [0.1, 0.15) is 0 Å². The molecule has 4 aliphatic rings. The number of hydrazone groups is 1. The predicted molar refractivity (Wildman–Crippen MR) is 110 cm³/mol. The van der Waals surface area contributed by atoms with Gasteiger partial charge in [0, 0.05) is 24.3 Å². The van der Waals surface area contributed by atoms with Crippen molar-refractivity contribution in [1.82, 2.24) is 10.7 Å². The van der Waals surface area contributed by atoms with Crippen molar-refractivity contribution in [2.45, 2.75) is 57.9 Å². The molecule has 0 unspecified atom stereocenters. The van der Waals surface area contributed by atoms with Crippen molar-refractivity contribution in [3.8, 4) is 0 Å². The Morgan fingerprint density at radius 3 is 2.15 bits per heavy atom. The lowest BCUT2D eigenvalue weighted by molar-refractivity contribution is -0.0135. The van der Waals surface area contributed by atoms with Crippen LogP contribution in [0.15, 0.2) is 29.4 Å². The first kappa shape index (κ1) is 18.3. The van der Waals surface area contributed by atoms with Crippen LogP contribution in [0.2, 0.25) is 0 Å². The summed E-state index contributed by atoms with van der Waals surface area (Å²) >= 11 is 0. The molecule has 0 saturated heterocycles. The Hall–Kier alpha value is -2.04. The van der Waals surface area contributed by atoms with E-state index in [1.54, 1.807) is 6.21 Å². The molecule has 0 radical (unpaired) electrons. The standard InChI is InChI=1S/C22H32N4O/c1-3-26(4-2)20-7-5-16(6-8-20)15-23-25-21(27)24-22-12-17-9-18(13-22)11-19(10-17)14-22/h5-8,15,17-19H,3-4,9-14H2,1-2H3,(H2,24,25,27)/b23-15-. The van der Waals surface area contributed by atoms with Gasteiger partial charge in [-0.3, -0.25) is 0 Å². The van der Waals surface area contributed by atoms with Gasteiger partial charge in [-0.15, -0.1) is 0 Å². The van der Waals surface area contributed by atoms with Crippen LogP contribution >= 0.6 is 0 Å². The first-order chi connectivity index (χ1) is 13.1. The van der Waals surface area contributed by atoms with E-state index >= 15 is 0 Å². The quantitative estimate of drug-likeness (QED) is 0.586. The maximum absolute atomic E-state index is 12.4.